The second kappa shape index (κ2) is 13.9. The van der Waals surface area contributed by atoms with E-state index in [9.17, 15) is 10.0 Å². The minimum Gasteiger partial charge on any atom is -0.486 e. The highest BCUT2D eigenvalue weighted by Crippen LogP contribution is 2.73. The number of esters is 1. The molecule has 4 bridgehead atoms. The lowest BCUT2D eigenvalue weighted by Crippen LogP contribution is -2.80. The molecule has 12 heteroatoms. The summed E-state index contributed by atoms with van der Waals surface area (Å²) in [4.78, 5) is 33.4. The number of rotatable bonds is 11. The van der Waals surface area contributed by atoms with Gasteiger partial charge in [0.05, 0.1) is 24.5 Å². The first-order chi connectivity index (χ1) is 26.4. The van der Waals surface area contributed by atoms with Crippen molar-refractivity contribution in [2.75, 3.05) is 13.8 Å². The van der Waals surface area contributed by atoms with Crippen LogP contribution in [0.4, 0.5) is 0 Å². The van der Waals surface area contributed by atoms with Crippen LogP contribution in [0.5, 0.6) is 0 Å². The molecule has 1 spiro atoms. The number of hydrogen-bond acceptors (Lipinski definition) is 11. The second-order valence-electron chi connectivity index (χ2n) is 17.9. The van der Waals surface area contributed by atoms with E-state index in [-0.39, 0.29) is 36.4 Å². The highest BCUT2D eigenvalue weighted by atomic mass is 16.6. The van der Waals surface area contributed by atoms with E-state index in [4.69, 9.17) is 40.1 Å². The maximum absolute atomic E-state index is 15.5. The summed E-state index contributed by atoms with van der Waals surface area (Å²) in [5.74, 6) is -3.00. The molecule has 0 aromatic heterocycles. The van der Waals surface area contributed by atoms with Crippen molar-refractivity contribution in [3.63, 3.8) is 0 Å². The molecule has 4 aliphatic heterocycles. The molecule has 0 aromatic rings. The Kier molecular flexibility index (Phi) is 9.88. The monoisotopic (exact) mass is 770 g/mol. The fourth-order valence-corrected chi connectivity index (χ4v) is 11.1. The van der Waals surface area contributed by atoms with Crippen molar-refractivity contribution in [2.24, 2.45) is 57.1 Å². The molecule has 5 fully saturated rings. The fraction of sp³-hybridized carbons (Fsp3) is 0.591. The molecule has 10 atom stereocenters. The van der Waals surface area contributed by atoms with Crippen LogP contribution < -0.4 is 11.5 Å². The molecule has 302 valence electrons. The lowest BCUT2D eigenvalue weighted by atomic mass is 9.40. The molecule has 12 nitrogen and oxygen atoms in total. The predicted molar refractivity (Wildman–Crippen MR) is 212 cm³/mol. The number of amidine groups is 1. The van der Waals surface area contributed by atoms with Gasteiger partial charge < -0.3 is 40.4 Å². The van der Waals surface area contributed by atoms with E-state index in [0.29, 0.717) is 24.2 Å². The van der Waals surface area contributed by atoms with E-state index < -0.39 is 64.1 Å². The number of nitrogens with zero attached hydrogens (tertiary/aromatic N) is 2. The molecule has 0 aromatic carbocycles. The van der Waals surface area contributed by atoms with Gasteiger partial charge in [0.2, 0.25) is 0 Å². The van der Waals surface area contributed by atoms with E-state index in [2.05, 4.69) is 70.7 Å². The van der Waals surface area contributed by atoms with Gasteiger partial charge in [-0.25, -0.2) is 4.79 Å². The lowest BCUT2D eigenvalue weighted by molar-refractivity contribution is -0.234. The van der Waals surface area contributed by atoms with Gasteiger partial charge in [0.1, 0.15) is 35.8 Å². The van der Waals surface area contributed by atoms with Gasteiger partial charge in [0.15, 0.2) is 17.0 Å². The third kappa shape index (κ3) is 5.76. The van der Waals surface area contributed by atoms with Gasteiger partial charge in [0.25, 0.3) is 0 Å². The van der Waals surface area contributed by atoms with Gasteiger partial charge in [-0.05, 0) is 93.1 Å². The van der Waals surface area contributed by atoms with Crippen LogP contribution in [0.25, 0.3) is 0 Å². The van der Waals surface area contributed by atoms with Crippen LogP contribution in [0.1, 0.15) is 87.5 Å². The molecular weight excluding hydrogens is 713 g/mol. The average Bonchev–Trinajstić information content (AvgIpc) is 3.28. The Morgan fingerprint density at radius 2 is 1.84 bits per heavy atom. The number of methoxy groups -OCH3 is 1. The summed E-state index contributed by atoms with van der Waals surface area (Å²) in [5, 5.41) is 13.5. The first kappa shape index (κ1) is 39.8. The standard InChI is InChI=1S/C44H58N4O8/c1-22(2)12-11-17-42(9)18-16-27-35(54-42)26(14-13-23(3)4)37-32-34(47-21-53-36(27)32)33-31(30(25(6)45)39(46)48-51)28-20-29-41(7,8)56-43(38(28)49,44(29,33)55-37)19-15-24(5)40(50)52-10/h12-13,15-16,18,28-33,36,51H,6,11,14,17,19-21,45H2,1-5,7-10H3,(H2,46,48)/b24-15-. The summed E-state index contributed by atoms with van der Waals surface area (Å²) in [6.07, 6.45) is 12.5. The number of carbonyl (C=O) groups excluding carboxylic acids is 2. The van der Waals surface area contributed by atoms with Gasteiger partial charge >= 0.3 is 5.97 Å². The first-order valence-electron chi connectivity index (χ1n) is 19.8. The summed E-state index contributed by atoms with van der Waals surface area (Å²) in [6.45, 7) is 20.2. The quantitative estimate of drug-likeness (QED) is 0.0401. The van der Waals surface area contributed by atoms with E-state index in [1.807, 2.05) is 13.8 Å². The maximum atomic E-state index is 15.5. The van der Waals surface area contributed by atoms with Gasteiger partial charge in [-0.1, -0.05) is 47.2 Å². The van der Waals surface area contributed by atoms with Crippen LogP contribution in [0.15, 0.2) is 92.2 Å². The van der Waals surface area contributed by atoms with E-state index in [1.165, 1.54) is 12.7 Å². The average molecular weight is 771 g/mol. The van der Waals surface area contributed by atoms with Gasteiger partial charge in [-0.3, -0.25) is 9.79 Å². The number of ether oxygens (including phenoxy) is 5. The van der Waals surface area contributed by atoms with Crippen LogP contribution in [0, 0.1) is 35.5 Å². The van der Waals surface area contributed by atoms with E-state index in [0.717, 1.165) is 41.0 Å². The number of carbonyl (C=O) groups is 2. The fourth-order valence-electron chi connectivity index (χ4n) is 11.1. The summed E-state index contributed by atoms with van der Waals surface area (Å²) in [6, 6.07) is 0. The zero-order chi connectivity index (χ0) is 40.7. The number of fused-ring (bicyclic) bond motifs is 1. The predicted octanol–water partition coefficient (Wildman–Crippen LogP) is 6.48. The van der Waals surface area contributed by atoms with Crippen LogP contribution in [-0.2, 0) is 33.3 Å². The minimum absolute atomic E-state index is 0.0499. The summed E-state index contributed by atoms with van der Waals surface area (Å²) in [5.41, 5.74) is 14.1. The number of oxime groups is 1. The number of aliphatic imine (C=N–C) groups is 1. The molecule has 10 unspecified atom stereocenters. The molecule has 56 heavy (non-hydrogen) atoms. The molecule has 3 saturated carbocycles. The Hall–Kier alpha value is -4.42. The molecule has 5 N–H and O–H groups in total. The second-order valence-corrected chi connectivity index (χ2v) is 17.9. The van der Waals surface area contributed by atoms with Crippen LogP contribution in [0.3, 0.4) is 0 Å². The van der Waals surface area contributed by atoms with Crippen molar-refractivity contribution >= 4 is 23.3 Å². The van der Waals surface area contributed by atoms with Crippen molar-refractivity contribution in [1.82, 2.24) is 0 Å². The molecular formula is C44H58N4O8. The molecule has 4 heterocycles. The molecule has 4 aliphatic carbocycles. The Labute approximate surface area is 330 Å². The number of hydrogen-bond donors (Lipinski definition) is 3. The Bertz CT molecular complexity index is 1990. The summed E-state index contributed by atoms with van der Waals surface area (Å²) in [7, 11) is 1.33. The highest BCUT2D eigenvalue weighted by Gasteiger charge is 2.86. The Morgan fingerprint density at radius 1 is 1.12 bits per heavy atom. The lowest BCUT2D eigenvalue weighted by Gasteiger charge is -2.67. The Morgan fingerprint density at radius 3 is 2.48 bits per heavy atom. The largest absolute Gasteiger partial charge is 0.486 e. The molecule has 2 saturated heterocycles. The zero-order valence-electron chi connectivity index (χ0n) is 34.2. The van der Waals surface area contributed by atoms with Crippen LogP contribution >= 0.6 is 0 Å². The number of nitrogens with two attached hydrogens (primary N) is 2. The summed E-state index contributed by atoms with van der Waals surface area (Å²) >= 11 is 0. The Balaban J connectivity index is 1.51. The molecule has 0 amide bonds. The van der Waals surface area contributed by atoms with Crippen molar-refractivity contribution < 1.29 is 38.5 Å². The van der Waals surface area contributed by atoms with Crippen molar-refractivity contribution in [3.05, 3.63) is 82.0 Å². The van der Waals surface area contributed by atoms with Crippen LogP contribution in [0.2, 0.25) is 0 Å². The highest BCUT2D eigenvalue weighted by molar-refractivity contribution is 6.04. The van der Waals surface area contributed by atoms with Crippen LogP contribution in [-0.4, -0.2) is 70.9 Å². The van der Waals surface area contributed by atoms with Gasteiger partial charge in [-0.15, -0.1) is 0 Å². The van der Waals surface area contributed by atoms with Gasteiger partial charge in [-0.2, -0.15) is 0 Å². The SMILES string of the molecule is C=C(N)C(/C(N)=N\O)C1C2CC3C(C)(C)OC(C/C=C(/C)C(=O)OC)(C2=O)C32OC3=C(CC=C(C)C)C4=C(C=CC(C)(CCC=C(C)C)O4)C4OCN=C(C34)C12. The van der Waals surface area contributed by atoms with Crippen molar-refractivity contribution in [3.8, 4) is 0 Å². The topological polar surface area (TPSA) is 177 Å². The normalized spacial score (nSPS) is 36.7. The molecule has 8 aliphatic rings. The smallest absolute Gasteiger partial charge is 0.333 e. The number of allylic oxidation sites excluding steroid dienone is 5. The molecule has 8 rings (SSSR count). The van der Waals surface area contributed by atoms with Crippen molar-refractivity contribution in [2.45, 2.75) is 116 Å². The maximum Gasteiger partial charge on any atom is 0.333 e. The number of ketones is 1. The zero-order valence-corrected chi connectivity index (χ0v) is 34.2. The summed E-state index contributed by atoms with van der Waals surface area (Å²) < 4.78 is 33.7. The third-order valence-corrected chi connectivity index (χ3v) is 13.4. The van der Waals surface area contributed by atoms with Gasteiger partial charge in [0, 0.05) is 52.3 Å². The number of Topliss-reactive ketones (excluding diaryl/α,β-unsaturated/α-hetero) is 1. The molecule has 0 radical (unpaired) electrons. The van der Waals surface area contributed by atoms with E-state index >= 15 is 4.79 Å². The third-order valence-electron chi connectivity index (χ3n) is 13.4. The van der Waals surface area contributed by atoms with E-state index in [1.54, 1.807) is 13.0 Å². The first-order valence-corrected chi connectivity index (χ1v) is 19.8. The van der Waals surface area contributed by atoms with Crippen molar-refractivity contribution in [1.29, 1.82) is 0 Å². The minimum atomic E-state index is -1.55.